The zero-order valence-electron chi connectivity index (χ0n) is 13.2. The normalized spacial score (nSPS) is 18.9. The average Bonchev–Trinajstić information content (AvgIpc) is 2.84. The van der Waals surface area contributed by atoms with Crippen molar-refractivity contribution in [3.63, 3.8) is 0 Å². The van der Waals surface area contributed by atoms with Gasteiger partial charge in [-0.3, -0.25) is 0 Å². The summed E-state index contributed by atoms with van der Waals surface area (Å²) in [6.07, 6.45) is -15.5. The highest BCUT2D eigenvalue weighted by Crippen LogP contribution is 2.48. The Morgan fingerprint density at radius 2 is 1.52 bits per heavy atom. The van der Waals surface area contributed by atoms with Crippen molar-refractivity contribution in [1.29, 1.82) is 0 Å². The van der Waals surface area contributed by atoms with Gasteiger partial charge in [-0.15, -0.1) is 0 Å². The molecule has 0 bridgehead atoms. The largest absolute Gasteiger partial charge is 0.507 e. The maximum Gasteiger partial charge on any atom is 0.507 e. The first-order valence-electron chi connectivity index (χ1n) is 6.78. The number of benzene rings is 1. The van der Waals surface area contributed by atoms with Crippen LogP contribution in [0.5, 0.6) is 11.5 Å². The molecular weight excluding hydrogens is 415 g/mol. The lowest BCUT2D eigenvalue weighted by molar-refractivity contribution is -0.391. The molecule has 0 N–H and O–H groups in total. The van der Waals surface area contributed by atoms with Crippen molar-refractivity contribution in [2.45, 2.75) is 18.4 Å². The molecule has 27 heavy (non-hydrogen) atoms. The molecule has 7 nitrogen and oxygen atoms in total. The topological polar surface area (TPSA) is 73.7 Å². The molecule has 3 rings (SSSR count). The van der Waals surface area contributed by atoms with Gasteiger partial charge in [0.1, 0.15) is 0 Å². The number of alkyl halides is 7. The number of hydrogen-bond acceptors (Lipinski definition) is 5. The Hall–Kier alpha value is -2.29. The molecule has 1 aliphatic rings. The molecule has 0 unspecified atom stereocenters. The predicted molar refractivity (Wildman–Crippen MR) is 73.9 cm³/mol. The fourth-order valence-electron chi connectivity index (χ4n) is 2.19. The van der Waals surface area contributed by atoms with E-state index in [1.807, 2.05) is 0 Å². The van der Waals surface area contributed by atoms with Crippen LogP contribution in [-0.4, -0.2) is 48.0 Å². The molecule has 1 aromatic carbocycles. The molecule has 0 saturated heterocycles. The third kappa shape index (κ3) is 2.84. The lowest BCUT2D eigenvalue weighted by atomic mass is 10.2. The Labute approximate surface area is 146 Å². The summed E-state index contributed by atoms with van der Waals surface area (Å²) in [5.41, 5.74) is -1.56. The first kappa shape index (κ1) is 19.5. The number of aromatic nitrogens is 2. The molecule has 0 atom stereocenters. The highest BCUT2D eigenvalue weighted by atomic mass is 32.2. The van der Waals surface area contributed by atoms with Crippen molar-refractivity contribution in [1.82, 2.24) is 13.3 Å². The Morgan fingerprint density at radius 1 is 1.04 bits per heavy atom. The Bertz CT molecular complexity index is 1030. The van der Waals surface area contributed by atoms with Gasteiger partial charge >= 0.3 is 28.6 Å². The van der Waals surface area contributed by atoms with Gasteiger partial charge in [0.25, 0.3) is 0 Å². The minimum atomic E-state index is -5.27. The van der Waals surface area contributed by atoms with E-state index in [2.05, 4.69) is 14.5 Å². The van der Waals surface area contributed by atoms with Crippen LogP contribution < -0.4 is 9.47 Å². The first-order valence-corrected chi connectivity index (χ1v) is 8.18. The van der Waals surface area contributed by atoms with Crippen LogP contribution in [-0.2, 0) is 16.4 Å². The molecule has 150 valence electrons. The van der Waals surface area contributed by atoms with Crippen molar-refractivity contribution >= 4 is 21.2 Å². The van der Waals surface area contributed by atoms with Crippen molar-refractivity contribution in [3.05, 3.63) is 18.0 Å². The van der Waals surface area contributed by atoms with Gasteiger partial charge in [0.2, 0.25) is 5.82 Å². The molecule has 0 amide bonds. The molecule has 0 saturated carbocycles. The number of fused-ring (bicyclic) bond motifs is 2. The summed E-state index contributed by atoms with van der Waals surface area (Å²) in [5.74, 6) is -4.02. The lowest BCUT2D eigenvalue weighted by Gasteiger charge is -2.31. The molecule has 2 aromatic rings. The summed E-state index contributed by atoms with van der Waals surface area (Å²) >= 11 is 0. The lowest BCUT2D eigenvalue weighted by Crippen LogP contribution is -2.52. The minimum absolute atomic E-state index is 0.253. The molecular formula is C12H8F7N3O4S. The second-order valence-electron chi connectivity index (χ2n) is 5.51. The summed E-state index contributed by atoms with van der Waals surface area (Å²) < 4.78 is 125. The number of imidazole rings is 1. The van der Waals surface area contributed by atoms with Gasteiger partial charge in [0.05, 0.1) is 11.0 Å². The average molecular weight is 423 g/mol. The highest BCUT2D eigenvalue weighted by molar-refractivity contribution is 7.87. The van der Waals surface area contributed by atoms with E-state index in [0.29, 0.717) is 16.4 Å². The van der Waals surface area contributed by atoms with Gasteiger partial charge in [-0.25, -0.2) is 8.96 Å². The van der Waals surface area contributed by atoms with Crippen LogP contribution in [0, 0.1) is 0 Å². The summed E-state index contributed by atoms with van der Waals surface area (Å²) in [5, 5.41) is 0. The van der Waals surface area contributed by atoms with Crippen LogP contribution >= 0.6 is 0 Å². The molecule has 0 radical (unpaired) electrons. The fourth-order valence-corrected chi connectivity index (χ4v) is 3.28. The molecule has 0 fully saturated rings. The van der Waals surface area contributed by atoms with E-state index in [1.54, 1.807) is 0 Å². The van der Waals surface area contributed by atoms with Gasteiger partial charge in [0, 0.05) is 26.2 Å². The van der Waals surface area contributed by atoms with Crippen molar-refractivity contribution < 1.29 is 48.6 Å². The Morgan fingerprint density at radius 3 is 1.96 bits per heavy atom. The molecule has 0 aliphatic carbocycles. The molecule has 0 spiro atoms. The van der Waals surface area contributed by atoms with Crippen LogP contribution in [0.2, 0.25) is 0 Å². The third-order valence-corrected chi connectivity index (χ3v) is 5.19. The predicted octanol–water partition coefficient (Wildman–Crippen LogP) is 2.67. The standard InChI is InChI=1S/C12H8F7N3O4S/c1-21(2)27(23,24)22-6-4-8-7(25-11(16,17)12(18,19)26-8)3-5(6)20-9(22)10(13,14)15/h3-4H,1-2H3. The van der Waals surface area contributed by atoms with E-state index in [-0.39, 0.29) is 3.97 Å². The summed E-state index contributed by atoms with van der Waals surface area (Å²) in [6.45, 7) is 0. The first-order chi connectivity index (χ1) is 12.1. The smallest absolute Gasteiger partial charge is 0.421 e. The molecule has 15 heteroatoms. The van der Waals surface area contributed by atoms with Gasteiger partial charge in [0.15, 0.2) is 11.5 Å². The van der Waals surface area contributed by atoms with Gasteiger partial charge in [-0.2, -0.15) is 43.5 Å². The van der Waals surface area contributed by atoms with Crippen molar-refractivity contribution in [2.24, 2.45) is 0 Å². The summed E-state index contributed by atoms with van der Waals surface area (Å²) in [4.78, 5) is 3.09. The Kier molecular flexibility index (Phi) is 3.87. The van der Waals surface area contributed by atoms with E-state index >= 15 is 0 Å². The number of halogens is 7. The van der Waals surface area contributed by atoms with E-state index in [9.17, 15) is 39.2 Å². The number of ether oxygens (including phenoxy) is 2. The van der Waals surface area contributed by atoms with Crippen LogP contribution in [0.3, 0.4) is 0 Å². The van der Waals surface area contributed by atoms with Crippen molar-refractivity contribution in [3.8, 4) is 11.5 Å². The van der Waals surface area contributed by atoms with Crippen LogP contribution in [0.25, 0.3) is 11.0 Å². The summed E-state index contributed by atoms with van der Waals surface area (Å²) in [7, 11) is -2.97. The third-order valence-electron chi connectivity index (χ3n) is 3.44. The second kappa shape index (κ2) is 5.37. The van der Waals surface area contributed by atoms with Gasteiger partial charge < -0.3 is 9.47 Å². The van der Waals surface area contributed by atoms with Crippen LogP contribution in [0.15, 0.2) is 12.1 Å². The number of rotatable bonds is 2. The van der Waals surface area contributed by atoms with Gasteiger partial charge in [-0.05, 0) is 0 Å². The van der Waals surface area contributed by atoms with E-state index in [4.69, 9.17) is 0 Å². The summed E-state index contributed by atoms with van der Waals surface area (Å²) in [6, 6.07) is 0.849. The SMILES string of the molecule is CN(C)S(=O)(=O)n1c(C(F)(F)F)nc2cc3c(cc21)OC(F)(F)C(F)(F)O3. The minimum Gasteiger partial charge on any atom is -0.421 e. The number of nitrogens with zero attached hydrogens (tertiary/aromatic N) is 3. The maximum absolute atomic E-state index is 13.3. The zero-order valence-corrected chi connectivity index (χ0v) is 14.0. The van der Waals surface area contributed by atoms with Crippen LogP contribution in [0.4, 0.5) is 30.7 Å². The van der Waals surface area contributed by atoms with E-state index in [0.717, 1.165) is 14.1 Å². The van der Waals surface area contributed by atoms with Crippen molar-refractivity contribution in [2.75, 3.05) is 14.1 Å². The fraction of sp³-hybridized carbons (Fsp3) is 0.417. The zero-order chi connectivity index (χ0) is 20.6. The van der Waals surface area contributed by atoms with Gasteiger partial charge in [-0.1, -0.05) is 0 Å². The quantitative estimate of drug-likeness (QED) is 0.695. The van der Waals surface area contributed by atoms with E-state index in [1.165, 1.54) is 0 Å². The highest BCUT2D eigenvalue weighted by Gasteiger charge is 2.66. The van der Waals surface area contributed by atoms with Crippen LogP contribution in [0.1, 0.15) is 5.82 Å². The van der Waals surface area contributed by atoms with E-state index < -0.39 is 57.0 Å². The monoisotopic (exact) mass is 423 g/mol. The maximum atomic E-state index is 13.3. The molecule has 1 aromatic heterocycles. The molecule has 1 aliphatic heterocycles. The Balaban J connectivity index is 2.36. The number of hydrogen-bond donors (Lipinski definition) is 0. The molecule has 2 heterocycles. The second-order valence-corrected chi connectivity index (χ2v) is 7.50.